The van der Waals surface area contributed by atoms with Gasteiger partial charge in [0.1, 0.15) is 0 Å². The first-order valence-electron chi connectivity index (χ1n) is 5.30. The van der Waals surface area contributed by atoms with Gasteiger partial charge < -0.3 is 15.4 Å². The molecule has 1 amide bonds. The first-order chi connectivity index (χ1) is 6.68. The molecule has 1 saturated heterocycles. The molecular formula is C10H18N2O2. The molecular weight excluding hydrogens is 180 g/mol. The Morgan fingerprint density at radius 2 is 2.36 bits per heavy atom. The van der Waals surface area contributed by atoms with E-state index >= 15 is 0 Å². The molecule has 0 radical (unpaired) electrons. The number of amides is 1. The summed E-state index contributed by atoms with van der Waals surface area (Å²) in [5.41, 5.74) is -0.137. The quantitative estimate of drug-likeness (QED) is 0.670. The van der Waals surface area contributed by atoms with Crippen molar-refractivity contribution < 1.29 is 9.53 Å². The van der Waals surface area contributed by atoms with Gasteiger partial charge in [-0.3, -0.25) is 4.79 Å². The summed E-state index contributed by atoms with van der Waals surface area (Å²) in [6, 6.07) is 0.591. The lowest BCUT2D eigenvalue weighted by molar-refractivity contribution is -0.122. The summed E-state index contributed by atoms with van der Waals surface area (Å²) < 4.78 is 5.26. The molecule has 2 rings (SSSR count). The largest absolute Gasteiger partial charge is 0.379 e. The van der Waals surface area contributed by atoms with Crippen molar-refractivity contribution >= 4 is 5.91 Å². The molecule has 1 unspecified atom stereocenters. The van der Waals surface area contributed by atoms with Crippen LogP contribution in [-0.2, 0) is 9.53 Å². The fraction of sp³-hybridized carbons (Fsp3) is 0.900. The molecule has 4 nitrogen and oxygen atoms in total. The molecule has 1 aliphatic carbocycles. The normalized spacial score (nSPS) is 31.8. The molecule has 14 heavy (non-hydrogen) atoms. The minimum Gasteiger partial charge on any atom is -0.379 e. The zero-order valence-corrected chi connectivity index (χ0v) is 8.64. The van der Waals surface area contributed by atoms with Crippen LogP contribution in [0.25, 0.3) is 0 Å². The maximum absolute atomic E-state index is 11.5. The van der Waals surface area contributed by atoms with Crippen molar-refractivity contribution in [3.8, 4) is 0 Å². The van der Waals surface area contributed by atoms with Gasteiger partial charge in [-0.25, -0.2) is 0 Å². The van der Waals surface area contributed by atoms with Gasteiger partial charge in [-0.2, -0.15) is 0 Å². The minimum atomic E-state index is -0.137. The molecule has 0 bridgehead atoms. The smallest absolute Gasteiger partial charge is 0.234 e. The summed E-state index contributed by atoms with van der Waals surface area (Å²) >= 11 is 0. The van der Waals surface area contributed by atoms with Gasteiger partial charge in [-0.15, -0.1) is 0 Å². The first-order valence-corrected chi connectivity index (χ1v) is 5.30. The number of hydrogen-bond acceptors (Lipinski definition) is 3. The van der Waals surface area contributed by atoms with Crippen LogP contribution in [-0.4, -0.2) is 37.2 Å². The monoisotopic (exact) mass is 198 g/mol. The van der Waals surface area contributed by atoms with E-state index in [0.29, 0.717) is 19.2 Å². The second kappa shape index (κ2) is 3.87. The fourth-order valence-corrected chi connectivity index (χ4v) is 1.67. The molecule has 4 heteroatoms. The molecule has 1 atom stereocenters. The zero-order chi connectivity index (χ0) is 10.0. The van der Waals surface area contributed by atoms with Crippen molar-refractivity contribution in [2.45, 2.75) is 37.8 Å². The van der Waals surface area contributed by atoms with E-state index < -0.39 is 0 Å². The highest BCUT2D eigenvalue weighted by molar-refractivity contribution is 5.78. The Morgan fingerprint density at radius 1 is 1.57 bits per heavy atom. The summed E-state index contributed by atoms with van der Waals surface area (Å²) in [5, 5.41) is 6.21. The Hall–Kier alpha value is -0.610. The van der Waals surface area contributed by atoms with E-state index in [1.807, 2.05) is 6.92 Å². The number of nitrogens with one attached hydrogen (secondary N) is 2. The molecule has 1 aliphatic heterocycles. The Labute approximate surface area is 84.4 Å². The molecule has 1 saturated carbocycles. The van der Waals surface area contributed by atoms with E-state index in [1.54, 1.807) is 0 Å². The topological polar surface area (TPSA) is 50.4 Å². The van der Waals surface area contributed by atoms with Gasteiger partial charge in [-0.1, -0.05) is 0 Å². The summed E-state index contributed by atoms with van der Waals surface area (Å²) in [5.74, 6) is 0.0879. The Morgan fingerprint density at radius 3 is 2.93 bits per heavy atom. The van der Waals surface area contributed by atoms with Crippen LogP contribution in [0, 0.1) is 0 Å². The molecule has 2 fully saturated rings. The molecule has 0 aromatic carbocycles. The van der Waals surface area contributed by atoms with Crippen LogP contribution in [0.2, 0.25) is 0 Å². The third kappa shape index (κ3) is 2.69. The summed E-state index contributed by atoms with van der Waals surface area (Å²) in [6.07, 6.45) is 3.35. The van der Waals surface area contributed by atoms with Gasteiger partial charge >= 0.3 is 0 Å². The van der Waals surface area contributed by atoms with Crippen molar-refractivity contribution in [2.24, 2.45) is 0 Å². The Bertz CT molecular complexity index is 220. The number of rotatable bonds is 4. The maximum Gasteiger partial charge on any atom is 0.234 e. The minimum absolute atomic E-state index is 0.0879. The van der Waals surface area contributed by atoms with Gasteiger partial charge in [0.05, 0.1) is 18.7 Å². The predicted octanol–water partition coefficient (Wildman–Crippen LogP) is 0.0336. The van der Waals surface area contributed by atoms with Crippen LogP contribution in [0.1, 0.15) is 26.2 Å². The summed E-state index contributed by atoms with van der Waals surface area (Å²) in [6.45, 7) is 3.88. The zero-order valence-electron chi connectivity index (χ0n) is 8.64. The molecule has 2 N–H and O–H groups in total. The predicted molar refractivity (Wildman–Crippen MR) is 53.0 cm³/mol. The van der Waals surface area contributed by atoms with Crippen molar-refractivity contribution in [3.05, 3.63) is 0 Å². The van der Waals surface area contributed by atoms with Crippen LogP contribution in [0.15, 0.2) is 0 Å². The lowest BCUT2D eigenvalue weighted by Crippen LogP contribution is -2.49. The van der Waals surface area contributed by atoms with Crippen molar-refractivity contribution in [1.82, 2.24) is 10.6 Å². The molecule has 2 aliphatic rings. The molecule has 1 heterocycles. The number of hydrogen-bond donors (Lipinski definition) is 2. The van der Waals surface area contributed by atoms with Gasteiger partial charge in [0.25, 0.3) is 0 Å². The highest BCUT2D eigenvalue weighted by Gasteiger charge is 2.31. The fourth-order valence-electron chi connectivity index (χ4n) is 1.67. The van der Waals surface area contributed by atoms with Crippen molar-refractivity contribution in [3.63, 3.8) is 0 Å². The van der Waals surface area contributed by atoms with Crippen LogP contribution >= 0.6 is 0 Å². The number of carbonyl (C=O) groups excluding carboxylic acids is 1. The van der Waals surface area contributed by atoms with Crippen LogP contribution in [0.3, 0.4) is 0 Å². The van der Waals surface area contributed by atoms with E-state index in [9.17, 15) is 4.79 Å². The average molecular weight is 198 g/mol. The second-order valence-corrected chi connectivity index (χ2v) is 4.57. The second-order valence-electron chi connectivity index (χ2n) is 4.57. The maximum atomic E-state index is 11.5. The van der Waals surface area contributed by atoms with Gasteiger partial charge in [0.2, 0.25) is 5.91 Å². The highest BCUT2D eigenvalue weighted by atomic mass is 16.5. The summed E-state index contributed by atoms with van der Waals surface area (Å²) in [4.78, 5) is 11.5. The molecule has 80 valence electrons. The standard InChI is InChI=1S/C10H18N2O2/c1-10(4-5-14-7-10)12-9(13)6-11-8-2-3-8/h8,11H,2-7H2,1H3,(H,12,13). The number of ether oxygens (including phenoxy) is 1. The van der Waals surface area contributed by atoms with Crippen molar-refractivity contribution in [2.75, 3.05) is 19.8 Å². The first kappa shape index (κ1) is 9.93. The molecule has 0 aromatic rings. The SMILES string of the molecule is CC1(NC(=O)CNC2CC2)CCOC1. The third-order valence-corrected chi connectivity index (χ3v) is 2.79. The van der Waals surface area contributed by atoms with Gasteiger partial charge in [-0.05, 0) is 26.2 Å². The summed E-state index contributed by atoms with van der Waals surface area (Å²) in [7, 11) is 0. The van der Waals surface area contributed by atoms with Crippen molar-refractivity contribution in [1.29, 1.82) is 0 Å². The van der Waals surface area contributed by atoms with E-state index in [1.165, 1.54) is 12.8 Å². The number of carbonyl (C=O) groups is 1. The van der Waals surface area contributed by atoms with Crippen LogP contribution in [0.4, 0.5) is 0 Å². The molecule has 0 aromatic heterocycles. The van der Waals surface area contributed by atoms with E-state index in [0.717, 1.165) is 13.0 Å². The molecule has 0 spiro atoms. The highest BCUT2D eigenvalue weighted by Crippen LogP contribution is 2.19. The lowest BCUT2D eigenvalue weighted by Gasteiger charge is -2.23. The van der Waals surface area contributed by atoms with E-state index in [4.69, 9.17) is 4.74 Å². The van der Waals surface area contributed by atoms with Crippen LogP contribution in [0.5, 0.6) is 0 Å². The average Bonchev–Trinajstić information content (AvgIpc) is 2.87. The Kier molecular flexibility index (Phi) is 2.74. The lowest BCUT2D eigenvalue weighted by atomic mass is 10.0. The third-order valence-electron chi connectivity index (χ3n) is 2.79. The van der Waals surface area contributed by atoms with Gasteiger partial charge in [0, 0.05) is 12.6 Å². The van der Waals surface area contributed by atoms with E-state index in [2.05, 4.69) is 10.6 Å². The van der Waals surface area contributed by atoms with Gasteiger partial charge in [0.15, 0.2) is 0 Å². The van der Waals surface area contributed by atoms with Crippen LogP contribution < -0.4 is 10.6 Å². The Balaban J connectivity index is 1.69. The van der Waals surface area contributed by atoms with E-state index in [-0.39, 0.29) is 11.4 Å².